The van der Waals surface area contributed by atoms with Gasteiger partial charge in [0.05, 0.1) is 19.2 Å². The highest BCUT2D eigenvalue weighted by molar-refractivity contribution is 5.84. The number of nitrogens with zero attached hydrogens (tertiary/aromatic N) is 2. The van der Waals surface area contributed by atoms with Crippen LogP contribution < -0.4 is 15.0 Å². The van der Waals surface area contributed by atoms with Crippen molar-refractivity contribution in [3.05, 3.63) is 65.1 Å². The van der Waals surface area contributed by atoms with E-state index >= 15 is 0 Å². The number of carbonyl (C=O) groups excluding carboxylic acids is 1. The van der Waals surface area contributed by atoms with Gasteiger partial charge in [-0.1, -0.05) is 0 Å². The topological polar surface area (TPSA) is 104 Å². The molecule has 3 aromatic rings. The van der Waals surface area contributed by atoms with Crippen molar-refractivity contribution in [1.29, 1.82) is 0 Å². The number of ether oxygens (including phenoxy) is 2. The number of methoxy groups -OCH3 is 1. The molecule has 11 heteroatoms. The molecule has 8 nitrogen and oxygen atoms in total. The number of aryl methyl sites for hydroxylation is 1. The second-order valence-corrected chi connectivity index (χ2v) is 9.63. The number of rotatable bonds is 11. The Morgan fingerprint density at radius 2 is 1.95 bits per heavy atom. The molecule has 1 aliphatic rings. The van der Waals surface area contributed by atoms with Gasteiger partial charge in [0.1, 0.15) is 18.1 Å². The molecular weight excluding hydrogens is 515 g/mol. The molecule has 1 fully saturated rings. The Morgan fingerprint density at radius 1 is 1.18 bits per heavy atom. The molecule has 0 aliphatic carbocycles. The molecule has 210 valence electrons. The van der Waals surface area contributed by atoms with Crippen LogP contribution in [-0.2, 0) is 17.8 Å². The summed E-state index contributed by atoms with van der Waals surface area (Å²) in [5.41, 5.74) is 4.27. The molecule has 2 aromatic carbocycles. The summed E-state index contributed by atoms with van der Waals surface area (Å²) in [6.45, 7) is 0.957. The average molecular weight is 548 g/mol. The molecule has 2 heterocycles. The summed E-state index contributed by atoms with van der Waals surface area (Å²) in [7, 11) is 1.59. The molecule has 0 spiro atoms. The molecule has 39 heavy (non-hydrogen) atoms. The third kappa shape index (κ3) is 6.78. The van der Waals surface area contributed by atoms with Gasteiger partial charge < -0.3 is 14.6 Å². The minimum Gasteiger partial charge on any atom is -0.497 e. The number of likely N-dealkylation sites (tertiary alicyclic amines) is 1. The van der Waals surface area contributed by atoms with Crippen LogP contribution in [0.3, 0.4) is 0 Å². The quantitative estimate of drug-likeness (QED) is 0.188. The summed E-state index contributed by atoms with van der Waals surface area (Å²) in [4.78, 5) is 18.7. The predicted octanol–water partition coefficient (Wildman–Crippen LogP) is 4.14. The van der Waals surface area contributed by atoms with Gasteiger partial charge in [-0.15, -0.1) is 0 Å². The Labute approximate surface area is 224 Å². The van der Waals surface area contributed by atoms with Crippen LogP contribution in [0.2, 0.25) is 0 Å². The highest BCUT2D eigenvalue weighted by Crippen LogP contribution is 2.30. The first-order valence-electron chi connectivity index (χ1n) is 12.8. The van der Waals surface area contributed by atoms with Gasteiger partial charge in [0.15, 0.2) is 17.5 Å². The van der Waals surface area contributed by atoms with E-state index in [-0.39, 0.29) is 30.9 Å². The molecule has 0 bridgehead atoms. The zero-order valence-corrected chi connectivity index (χ0v) is 21.6. The van der Waals surface area contributed by atoms with E-state index in [2.05, 4.69) is 9.88 Å². The zero-order valence-electron chi connectivity index (χ0n) is 21.6. The lowest BCUT2D eigenvalue weighted by atomic mass is 9.87. The number of pyridine rings is 1. The third-order valence-electron chi connectivity index (χ3n) is 7.33. The Balaban J connectivity index is 1.44. The van der Waals surface area contributed by atoms with Crippen molar-refractivity contribution in [2.75, 3.05) is 26.8 Å². The average Bonchev–Trinajstić information content (AvgIpc) is 2.95. The number of benzene rings is 2. The number of carbonyl (C=O) groups is 1. The first kappa shape index (κ1) is 28.6. The van der Waals surface area contributed by atoms with Crippen molar-refractivity contribution in [3.8, 4) is 11.5 Å². The Morgan fingerprint density at radius 3 is 2.64 bits per heavy atom. The fourth-order valence-electron chi connectivity index (χ4n) is 5.26. The van der Waals surface area contributed by atoms with Crippen LogP contribution in [0, 0.1) is 23.4 Å². The standard InChI is InChI=1S/C28H32F3N3O5/c1-38-20-5-6-26-23(12-20)22(18(16-35)15-32-26)4-2-3-19-11-17(28(36)33-37)7-8-34(19)9-10-39-21-13-24(29)27(31)25(30)14-21/h5-6,12-15,17,19,35,37H,2-4,7-11,16H2,1H3,(H,33,36). The van der Waals surface area contributed by atoms with E-state index in [1.54, 1.807) is 18.8 Å². The second kappa shape index (κ2) is 13.1. The maximum atomic E-state index is 13.5. The number of aliphatic hydroxyl groups excluding tert-OH is 1. The number of aromatic nitrogens is 1. The highest BCUT2D eigenvalue weighted by atomic mass is 19.2. The summed E-state index contributed by atoms with van der Waals surface area (Å²) in [6.07, 6.45) is 4.85. The molecule has 2 atom stereocenters. The zero-order chi connectivity index (χ0) is 27.9. The Hall–Kier alpha value is -3.41. The predicted molar refractivity (Wildman–Crippen MR) is 137 cm³/mol. The first-order valence-corrected chi connectivity index (χ1v) is 12.8. The van der Waals surface area contributed by atoms with Gasteiger partial charge in [-0.05, 0) is 68.0 Å². The van der Waals surface area contributed by atoms with Gasteiger partial charge in [0.25, 0.3) is 0 Å². The fourth-order valence-corrected chi connectivity index (χ4v) is 5.26. The van der Waals surface area contributed by atoms with Crippen molar-refractivity contribution < 1.29 is 37.8 Å². The van der Waals surface area contributed by atoms with E-state index in [4.69, 9.17) is 14.7 Å². The highest BCUT2D eigenvalue weighted by Gasteiger charge is 2.32. The van der Waals surface area contributed by atoms with Gasteiger partial charge in [-0.3, -0.25) is 19.9 Å². The van der Waals surface area contributed by atoms with Gasteiger partial charge in [0, 0.05) is 42.2 Å². The summed E-state index contributed by atoms with van der Waals surface area (Å²) < 4.78 is 51.1. The van der Waals surface area contributed by atoms with E-state index in [1.165, 1.54) is 0 Å². The van der Waals surface area contributed by atoms with Crippen molar-refractivity contribution in [3.63, 3.8) is 0 Å². The maximum Gasteiger partial charge on any atom is 0.246 e. The molecule has 1 amide bonds. The van der Waals surface area contributed by atoms with Gasteiger partial charge in [-0.25, -0.2) is 18.7 Å². The smallest absolute Gasteiger partial charge is 0.246 e. The van der Waals surface area contributed by atoms with Gasteiger partial charge in [0.2, 0.25) is 5.91 Å². The summed E-state index contributed by atoms with van der Waals surface area (Å²) in [5.74, 6) is -4.37. The summed E-state index contributed by atoms with van der Waals surface area (Å²) in [5, 5.41) is 20.0. The van der Waals surface area contributed by atoms with Crippen LogP contribution >= 0.6 is 0 Å². The fraction of sp³-hybridized carbons (Fsp3) is 0.429. The number of fused-ring (bicyclic) bond motifs is 1. The van der Waals surface area contributed by atoms with Crippen LogP contribution in [0.4, 0.5) is 13.2 Å². The van der Waals surface area contributed by atoms with Gasteiger partial charge >= 0.3 is 0 Å². The van der Waals surface area contributed by atoms with Crippen LogP contribution in [0.5, 0.6) is 11.5 Å². The number of hydrogen-bond acceptors (Lipinski definition) is 7. The molecule has 2 unspecified atom stereocenters. The normalized spacial score (nSPS) is 17.8. The second-order valence-electron chi connectivity index (χ2n) is 9.63. The molecular formula is C28H32F3N3O5. The van der Waals surface area contributed by atoms with Gasteiger partial charge in [-0.2, -0.15) is 0 Å². The molecule has 0 radical (unpaired) electrons. The number of aliphatic hydroxyl groups is 1. The SMILES string of the molecule is COc1ccc2ncc(CO)c(CCCC3CC(C(=O)NO)CCN3CCOc3cc(F)c(F)c(F)c3)c2c1. The lowest BCUT2D eigenvalue weighted by Crippen LogP contribution is -2.47. The minimum absolute atomic E-state index is 0.0217. The monoisotopic (exact) mass is 547 g/mol. The van der Waals surface area contributed by atoms with E-state index in [0.29, 0.717) is 44.5 Å². The van der Waals surface area contributed by atoms with Crippen LogP contribution in [0.25, 0.3) is 10.9 Å². The number of hydrogen-bond donors (Lipinski definition) is 3. The van der Waals surface area contributed by atoms with Crippen molar-refractivity contribution in [2.24, 2.45) is 5.92 Å². The van der Waals surface area contributed by atoms with Crippen LogP contribution in [-0.4, -0.2) is 59.0 Å². The van der Waals surface area contributed by atoms with E-state index in [0.717, 1.165) is 40.6 Å². The maximum absolute atomic E-state index is 13.5. The number of hydroxylamine groups is 1. The van der Waals surface area contributed by atoms with E-state index in [1.807, 2.05) is 18.2 Å². The number of amides is 1. The van der Waals surface area contributed by atoms with Crippen molar-refractivity contribution >= 4 is 16.8 Å². The summed E-state index contributed by atoms with van der Waals surface area (Å²) in [6, 6.07) is 7.20. The first-order chi connectivity index (χ1) is 18.8. The molecule has 1 saturated heterocycles. The minimum atomic E-state index is -1.54. The number of piperidine rings is 1. The van der Waals surface area contributed by atoms with Crippen molar-refractivity contribution in [1.82, 2.24) is 15.4 Å². The number of halogens is 3. The molecule has 0 saturated carbocycles. The van der Waals surface area contributed by atoms with Crippen LogP contribution in [0.15, 0.2) is 36.5 Å². The largest absolute Gasteiger partial charge is 0.497 e. The van der Waals surface area contributed by atoms with E-state index in [9.17, 15) is 23.1 Å². The summed E-state index contributed by atoms with van der Waals surface area (Å²) >= 11 is 0. The Kier molecular flexibility index (Phi) is 9.60. The molecule has 4 rings (SSSR count). The lowest BCUT2D eigenvalue weighted by molar-refractivity contribution is -0.135. The lowest BCUT2D eigenvalue weighted by Gasteiger charge is -2.39. The number of nitrogens with one attached hydrogen (secondary N) is 1. The van der Waals surface area contributed by atoms with Crippen molar-refractivity contribution in [2.45, 2.75) is 44.8 Å². The Bertz CT molecular complexity index is 1280. The molecule has 3 N–H and O–H groups in total. The van der Waals surface area contributed by atoms with E-state index < -0.39 is 23.4 Å². The third-order valence-corrected chi connectivity index (χ3v) is 7.33. The van der Waals surface area contributed by atoms with Crippen LogP contribution in [0.1, 0.15) is 36.8 Å². The molecule has 1 aliphatic heterocycles. The molecule has 1 aromatic heterocycles.